The molecule has 0 radical (unpaired) electrons. The summed E-state index contributed by atoms with van der Waals surface area (Å²) in [6.45, 7) is -0.265. The summed E-state index contributed by atoms with van der Waals surface area (Å²) in [5.41, 5.74) is 4.78. The first kappa shape index (κ1) is 7.82. The highest BCUT2D eigenvalue weighted by Gasteiger charge is 2.08. The minimum atomic E-state index is -0.639. The van der Waals surface area contributed by atoms with Crippen LogP contribution in [0.4, 0.5) is 0 Å². The first-order chi connectivity index (χ1) is 3.72. The molecule has 1 amide bonds. The maximum atomic E-state index is 10.1. The molecule has 4 nitrogen and oxygen atoms in total. The average Bonchev–Trinajstić information content (AvgIpc) is 1.69. The van der Waals surface area contributed by atoms with Gasteiger partial charge in [-0.05, 0) is 0 Å². The number of aliphatic hydroxyl groups excluding tert-OH is 1. The summed E-state index contributed by atoms with van der Waals surface area (Å²) in [5.74, 6) is -0.553. The van der Waals surface area contributed by atoms with Crippen LogP contribution in [0.5, 0.6) is 0 Å². The van der Waals surface area contributed by atoms with Crippen molar-refractivity contribution >= 4 is 15.3 Å². The number of amides is 1. The molecule has 0 heterocycles. The molecule has 0 rings (SSSR count). The van der Waals surface area contributed by atoms with E-state index in [0.29, 0.717) is 0 Å². The Morgan fingerprint density at radius 2 is 2.50 bits per heavy atom. The molecular weight excluding hydrogens is 127 g/mol. The molecule has 0 aromatic carbocycles. The lowest BCUT2D eigenvalue weighted by Gasteiger charge is -2.05. The summed E-state index contributed by atoms with van der Waals surface area (Å²) in [6.07, 6.45) is 0. The number of nitrogens with one attached hydrogen (secondary N) is 1. The van der Waals surface area contributed by atoms with Gasteiger partial charge in [-0.25, -0.2) is 0 Å². The van der Waals surface area contributed by atoms with E-state index in [1.807, 2.05) is 0 Å². The van der Waals surface area contributed by atoms with E-state index in [-0.39, 0.29) is 6.61 Å². The van der Waals surface area contributed by atoms with Crippen LogP contribution in [0.15, 0.2) is 0 Å². The lowest BCUT2D eigenvalue weighted by molar-refractivity contribution is -0.120. The van der Waals surface area contributed by atoms with E-state index >= 15 is 0 Å². The molecular formula is C3H9N2O2P. The van der Waals surface area contributed by atoms with Gasteiger partial charge < -0.3 is 10.8 Å². The number of rotatable bonds is 3. The van der Waals surface area contributed by atoms with E-state index in [9.17, 15) is 4.79 Å². The van der Waals surface area contributed by atoms with Crippen LogP contribution >= 0.6 is 9.39 Å². The van der Waals surface area contributed by atoms with E-state index in [2.05, 4.69) is 14.5 Å². The highest BCUT2D eigenvalue weighted by Crippen LogP contribution is 1.81. The van der Waals surface area contributed by atoms with Crippen LogP contribution in [0.2, 0.25) is 0 Å². The fourth-order valence-electron chi connectivity index (χ4n) is 0.225. The van der Waals surface area contributed by atoms with E-state index in [0.717, 1.165) is 0 Å². The summed E-state index contributed by atoms with van der Waals surface area (Å²) in [5, 5.41) is 10.8. The summed E-state index contributed by atoms with van der Waals surface area (Å²) in [7, 11) is 2.10. The van der Waals surface area contributed by atoms with Gasteiger partial charge in [-0.1, -0.05) is 9.39 Å². The van der Waals surface area contributed by atoms with Gasteiger partial charge in [0.05, 0.1) is 6.61 Å². The third kappa shape index (κ3) is 2.21. The summed E-state index contributed by atoms with van der Waals surface area (Å²) in [6, 6.07) is -0.639. The van der Waals surface area contributed by atoms with Crippen LogP contribution < -0.4 is 10.8 Å². The van der Waals surface area contributed by atoms with Crippen LogP contribution in [0.1, 0.15) is 0 Å². The molecule has 0 aliphatic rings. The fourth-order valence-corrected chi connectivity index (χ4v) is 0.494. The van der Waals surface area contributed by atoms with Crippen molar-refractivity contribution in [2.75, 3.05) is 6.61 Å². The summed E-state index contributed by atoms with van der Waals surface area (Å²) < 4.78 is 0. The van der Waals surface area contributed by atoms with E-state index in [1.165, 1.54) is 0 Å². The van der Waals surface area contributed by atoms with Crippen molar-refractivity contribution in [3.05, 3.63) is 0 Å². The number of aliphatic hydroxyl groups is 1. The molecule has 48 valence electrons. The Hall–Kier alpha value is -0.180. The Bertz CT molecular complexity index is 83.4. The number of nitrogens with two attached hydrogens (primary N) is 1. The standard InChI is InChI=1S/C3H9N2O2P/c4-3(7)2(1-6)5-8/h2,5-6H,1,8H2,(H2,4,7)/t2-/m0/s1. The van der Waals surface area contributed by atoms with Crippen LogP contribution in [0, 0.1) is 0 Å². The van der Waals surface area contributed by atoms with Crippen LogP contribution in [-0.4, -0.2) is 23.7 Å². The molecule has 0 aliphatic heterocycles. The molecule has 0 aliphatic carbocycles. The fraction of sp³-hybridized carbons (Fsp3) is 0.667. The summed E-state index contributed by atoms with van der Waals surface area (Å²) >= 11 is 0. The molecule has 0 aromatic heterocycles. The lowest BCUT2D eigenvalue weighted by Crippen LogP contribution is -2.39. The Kier molecular flexibility index (Phi) is 3.69. The number of carbonyl (C=O) groups excluding carboxylic acids is 1. The second kappa shape index (κ2) is 3.78. The van der Waals surface area contributed by atoms with Gasteiger partial charge >= 0.3 is 0 Å². The van der Waals surface area contributed by atoms with E-state index in [4.69, 9.17) is 10.8 Å². The Balaban J connectivity index is 3.52. The maximum absolute atomic E-state index is 10.1. The molecule has 0 spiro atoms. The molecule has 1 unspecified atom stereocenters. The van der Waals surface area contributed by atoms with Gasteiger partial charge in [0.2, 0.25) is 5.91 Å². The maximum Gasteiger partial charge on any atom is 0.237 e. The second-order valence-corrected chi connectivity index (χ2v) is 1.64. The monoisotopic (exact) mass is 136 g/mol. The van der Waals surface area contributed by atoms with Gasteiger partial charge in [-0.2, -0.15) is 0 Å². The molecule has 0 saturated carbocycles. The first-order valence-electron chi connectivity index (χ1n) is 2.08. The van der Waals surface area contributed by atoms with Crippen molar-refractivity contribution < 1.29 is 9.90 Å². The molecule has 5 heteroatoms. The number of carbonyl (C=O) groups is 1. The van der Waals surface area contributed by atoms with Crippen LogP contribution in [0.3, 0.4) is 0 Å². The van der Waals surface area contributed by atoms with Crippen molar-refractivity contribution in [2.45, 2.75) is 6.04 Å². The van der Waals surface area contributed by atoms with E-state index in [1.54, 1.807) is 0 Å². The Morgan fingerprint density at radius 3 is 2.50 bits per heavy atom. The smallest absolute Gasteiger partial charge is 0.237 e. The predicted octanol–water partition coefficient (Wildman–Crippen LogP) is -1.79. The van der Waals surface area contributed by atoms with Gasteiger partial charge in [0.25, 0.3) is 0 Å². The molecule has 2 atom stereocenters. The third-order valence-electron chi connectivity index (χ3n) is 0.727. The first-order valence-corrected chi connectivity index (χ1v) is 2.66. The predicted molar refractivity (Wildman–Crippen MR) is 32.9 cm³/mol. The molecule has 0 fully saturated rings. The van der Waals surface area contributed by atoms with Crippen molar-refractivity contribution in [1.29, 1.82) is 0 Å². The Morgan fingerprint density at radius 1 is 2.00 bits per heavy atom. The van der Waals surface area contributed by atoms with Crippen LogP contribution in [-0.2, 0) is 4.79 Å². The van der Waals surface area contributed by atoms with Gasteiger partial charge in [0, 0.05) is 0 Å². The number of hydrogen-bond donors (Lipinski definition) is 3. The molecule has 0 bridgehead atoms. The van der Waals surface area contributed by atoms with Crippen molar-refractivity contribution in [2.24, 2.45) is 5.73 Å². The highest BCUT2D eigenvalue weighted by atomic mass is 31.0. The van der Waals surface area contributed by atoms with Gasteiger partial charge in [0.1, 0.15) is 6.04 Å². The zero-order chi connectivity index (χ0) is 6.57. The van der Waals surface area contributed by atoms with Crippen LogP contribution in [0.25, 0.3) is 0 Å². The quantitative estimate of drug-likeness (QED) is 0.401. The van der Waals surface area contributed by atoms with Crippen molar-refractivity contribution in [3.8, 4) is 0 Å². The minimum Gasteiger partial charge on any atom is -0.394 e. The second-order valence-electron chi connectivity index (χ2n) is 1.30. The highest BCUT2D eigenvalue weighted by molar-refractivity contribution is 7.13. The largest absolute Gasteiger partial charge is 0.394 e. The number of hydrogen-bond acceptors (Lipinski definition) is 3. The SMILES string of the molecule is NC(=O)[C@H](CO)NP. The average molecular weight is 136 g/mol. The van der Waals surface area contributed by atoms with Gasteiger partial charge in [0.15, 0.2) is 0 Å². The molecule has 0 aromatic rings. The molecule has 0 saturated heterocycles. The third-order valence-corrected chi connectivity index (χ3v) is 1.13. The molecule has 4 N–H and O–H groups in total. The summed E-state index contributed by atoms with van der Waals surface area (Å²) in [4.78, 5) is 10.1. The van der Waals surface area contributed by atoms with Crippen molar-refractivity contribution in [3.63, 3.8) is 0 Å². The lowest BCUT2D eigenvalue weighted by atomic mass is 10.3. The number of primary amides is 1. The topological polar surface area (TPSA) is 75.4 Å². The Labute approximate surface area is 49.7 Å². The van der Waals surface area contributed by atoms with E-state index < -0.39 is 11.9 Å². The van der Waals surface area contributed by atoms with Gasteiger partial charge in [-0.15, -0.1) is 0 Å². The molecule has 8 heavy (non-hydrogen) atoms. The minimum absolute atomic E-state index is 0.265. The van der Waals surface area contributed by atoms with Gasteiger partial charge in [-0.3, -0.25) is 9.88 Å². The normalized spacial score (nSPS) is 13.2. The zero-order valence-electron chi connectivity index (χ0n) is 4.29. The zero-order valence-corrected chi connectivity index (χ0v) is 5.45. The van der Waals surface area contributed by atoms with Crippen molar-refractivity contribution in [1.82, 2.24) is 5.09 Å².